The Hall–Kier alpha value is -0.800. The highest BCUT2D eigenvalue weighted by Gasteiger charge is 2.85. The molecule has 0 unspecified atom stereocenters. The Morgan fingerprint density at radius 2 is 1.41 bits per heavy atom. The number of rotatable bonds is 6. The summed E-state index contributed by atoms with van der Waals surface area (Å²) < 4.78 is 134. The van der Waals surface area contributed by atoms with Gasteiger partial charge in [-0.15, -0.1) is 0 Å². The molecule has 1 fully saturated rings. The van der Waals surface area contributed by atoms with Crippen LogP contribution in [0.1, 0.15) is 19.8 Å². The van der Waals surface area contributed by atoms with Crippen molar-refractivity contribution in [2.24, 2.45) is 0 Å². The fourth-order valence-electron chi connectivity index (χ4n) is 1.88. The second-order valence-corrected chi connectivity index (χ2v) is 7.29. The predicted molar refractivity (Wildman–Crippen MR) is 76.4 cm³/mol. The van der Waals surface area contributed by atoms with Gasteiger partial charge in [-0.1, -0.05) is 13.3 Å². The summed E-state index contributed by atoms with van der Waals surface area (Å²) in [5.74, 6) is -14.7. The molecule has 15 heteroatoms. The molecule has 0 amide bonds. The van der Waals surface area contributed by atoms with Crippen molar-refractivity contribution in [3.63, 3.8) is 0 Å². The van der Waals surface area contributed by atoms with Gasteiger partial charge in [-0.05, 0) is 20.0 Å². The third-order valence-electron chi connectivity index (χ3n) is 3.51. The molecule has 1 aliphatic heterocycles. The van der Waals surface area contributed by atoms with Crippen LogP contribution in [-0.2, 0) is 10.1 Å². The highest BCUT2D eigenvalue weighted by Crippen LogP contribution is 2.54. The maximum Gasteiger partial charge on any atom is 0.460 e. The maximum atomic E-state index is 12.2. The van der Waals surface area contributed by atoms with Crippen molar-refractivity contribution in [2.75, 3.05) is 33.4 Å². The van der Waals surface area contributed by atoms with Crippen molar-refractivity contribution in [1.82, 2.24) is 9.80 Å². The zero-order chi connectivity index (χ0) is 21.9. The highest BCUT2D eigenvalue weighted by molar-refractivity contribution is 7.87. The van der Waals surface area contributed by atoms with Gasteiger partial charge in [0, 0.05) is 13.1 Å². The summed E-state index contributed by atoms with van der Waals surface area (Å²) in [6, 6.07) is 0. The Balaban J connectivity index is 0.000000569. The van der Waals surface area contributed by atoms with Gasteiger partial charge in [0.2, 0.25) is 0 Å². The van der Waals surface area contributed by atoms with Gasteiger partial charge in [0.05, 0.1) is 6.67 Å². The van der Waals surface area contributed by atoms with E-state index in [1.807, 2.05) is 0 Å². The number of hydrogen-bond acceptors (Lipinski definition) is 4. The van der Waals surface area contributed by atoms with Crippen molar-refractivity contribution in [1.29, 1.82) is 0 Å². The van der Waals surface area contributed by atoms with Crippen molar-refractivity contribution in [2.45, 2.75) is 43.0 Å². The molecule has 0 atom stereocenters. The molecule has 1 saturated heterocycles. The van der Waals surface area contributed by atoms with Crippen LogP contribution in [0, 0.1) is 0 Å². The van der Waals surface area contributed by atoms with Crippen LogP contribution in [0.25, 0.3) is 0 Å². The smallest absolute Gasteiger partial charge is 0.292 e. The molecule has 0 aromatic heterocycles. The Kier molecular flexibility index (Phi) is 8.44. The highest BCUT2D eigenvalue weighted by atomic mass is 32.2. The summed E-state index contributed by atoms with van der Waals surface area (Å²) in [6.07, 6.45) is -4.46. The lowest BCUT2D eigenvalue weighted by molar-refractivity contribution is -0.382. The van der Waals surface area contributed by atoms with E-state index < -0.39 is 33.4 Å². The normalized spacial score (nSPS) is 18.4. The van der Waals surface area contributed by atoms with E-state index in [-0.39, 0.29) is 0 Å². The van der Waals surface area contributed by atoms with Crippen molar-refractivity contribution in [3.8, 4) is 0 Å². The summed E-state index contributed by atoms with van der Waals surface area (Å²) in [6.45, 7) is 7.25. The number of unbranched alkanes of at least 4 members (excludes halogenated alkanes) is 1. The van der Waals surface area contributed by atoms with Crippen LogP contribution < -0.4 is 0 Å². The summed E-state index contributed by atoms with van der Waals surface area (Å²) in [4.78, 5) is 4.89. The SMILES string of the molecule is CCCCN1CCN(C)C1.O=S(=O)(O)C(F)(F)C(F)(F)C(F)(F)C(F)(F)F. The molecule has 1 heterocycles. The Morgan fingerprint density at radius 1 is 0.926 bits per heavy atom. The number of hydrogen-bond donors (Lipinski definition) is 1. The number of likely N-dealkylation sites (N-methyl/N-ethyl adjacent to an activating group) is 1. The van der Waals surface area contributed by atoms with E-state index >= 15 is 0 Å². The predicted octanol–water partition coefficient (Wildman–Crippen LogP) is 3.29. The standard InChI is InChI=1S/C8H18N2.C4HF9O3S/c1-3-4-5-10-7-6-9(2)8-10;5-1(6,3(9,10)11)2(7,8)4(12,13)17(14,15)16/h3-8H2,1-2H3;(H,14,15,16). The molecule has 164 valence electrons. The lowest BCUT2D eigenvalue weighted by atomic mass is 10.1. The van der Waals surface area contributed by atoms with Gasteiger partial charge in [0.15, 0.2) is 0 Å². The summed E-state index contributed by atoms with van der Waals surface area (Å²) in [5, 5.41) is -7.00. The Labute approximate surface area is 149 Å². The van der Waals surface area contributed by atoms with E-state index in [1.54, 1.807) is 0 Å². The third kappa shape index (κ3) is 5.84. The first kappa shape index (κ1) is 26.2. The van der Waals surface area contributed by atoms with Gasteiger partial charge >= 0.3 is 33.4 Å². The van der Waals surface area contributed by atoms with Gasteiger partial charge in [-0.2, -0.15) is 47.9 Å². The molecule has 1 aliphatic rings. The molecule has 0 aromatic carbocycles. The minimum Gasteiger partial charge on any atom is -0.292 e. The zero-order valence-corrected chi connectivity index (χ0v) is 15.0. The molecule has 27 heavy (non-hydrogen) atoms. The Morgan fingerprint density at radius 3 is 1.70 bits per heavy atom. The minimum atomic E-state index is -7.37. The number of nitrogens with zero attached hydrogens (tertiary/aromatic N) is 2. The lowest BCUT2D eigenvalue weighted by Gasteiger charge is -2.31. The second kappa shape index (κ2) is 8.69. The molecule has 0 radical (unpaired) electrons. The molecule has 0 aliphatic carbocycles. The van der Waals surface area contributed by atoms with Crippen LogP contribution in [0.3, 0.4) is 0 Å². The summed E-state index contributed by atoms with van der Waals surface area (Å²) in [5.41, 5.74) is 0. The maximum absolute atomic E-state index is 12.2. The van der Waals surface area contributed by atoms with E-state index in [4.69, 9.17) is 4.55 Å². The second-order valence-electron chi connectivity index (χ2n) is 5.83. The van der Waals surface area contributed by atoms with Gasteiger partial charge in [0.1, 0.15) is 0 Å². The molecule has 1 N–H and O–H groups in total. The zero-order valence-electron chi connectivity index (χ0n) is 14.2. The van der Waals surface area contributed by atoms with Gasteiger partial charge in [0.25, 0.3) is 0 Å². The minimum absolute atomic E-state index is 1.18. The average molecular weight is 442 g/mol. The van der Waals surface area contributed by atoms with Gasteiger partial charge in [-0.3, -0.25) is 14.4 Å². The monoisotopic (exact) mass is 442 g/mol. The van der Waals surface area contributed by atoms with Crippen molar-refractivity contribution >= 4 is 10.1 Å². The summed E-state index contributed by atoms with van der Waals surface area (Å²) >= 11 is 0. The largest absolute Gasteiger partial charge is 0.460 e. The van der Waals surface area contributed by atoms with Crippen LogP contribution in [0.15, 0.2) is 0 Å². The van der Waals surface area contributed by atoms with E-state index in [1.165, 1.54) is 39.1 Å². The van der Waals surface area contributed by atoms with E-state index in [9.17, 15) is 47.9 Å². The first-order chi connectivity index (χ1) is 11.8. The molecular formula is C12H19F9N2O3S. The van der Waals surface area contributed by atoms with E-state index in [0.29, 0.717) is 0 Å². The van der Waals surface area contributed by atoms with Crippen LogP contribution in [0.4, 0.5) is 39.5 Å². The van der Waals surface area contributed by atoms with Crippen LogP contribution in [0.5, 0.6) is 0 Å². The Bertz CT molecular complexity index is 581. The van der Waals surface area contributed by atoms with Crippen molar-refractivity contribution in [3.05, 3.63) is 0 Å². The molecule has 0 saturated carbocycles. The van der Waals surface area contributed by atoms with E-state index in [2.05, 4.69) is 23.8 Å². The van der Waals surface area contributed by atoms with Crippen LogP contribution in [0.2, 0.25) is 0 Å². The van der Waals surface area contributed by atoms with Crippen LogP contribution in [-0.4, -0.2) is 79.4 Å². The number of alkyl halides is 9. The number of halogens is 9. The molecule has 0 bridgehead atoms. The first-order valence-electron chi connectivity index (χ1n) is 7.41. The third-order valence-corrected chi connectivity index (χ3v) is 4.41. The topological polar surface area (TPSA) is 60.9 Å². The fraction of sp³-hybridized carbons (Fsp3) is 1.00. The first-order valence-corrected chi connectivity index (χ1v) is 8.85. The fourth-order valence-corrected chi connectivity index (χ4v) is 2.33. The molecule has 5 nitrogen and oxygen atoms in total. The quantitative estimate of drug-likeness (QED) is 0.506. The molecule has 0 aromatic rings. The van der Waals surface area contributed by atoms with E-state index in [0.717, 1.165) is 0 Å². The average Bonchev–Trinajstić information content (AvgIpc) is 2.88. The molecule has 1 rings (SSSR count). The molecule has 0 spiro atoms. The van der Waals surface area contributed by atoms with Gasteiger partial charge in [-0.25, -0.2) is 0 Å². The van der Waals surface area contributed by atoms with Gasteiger partial charge < -0.3 is 0 Å². The van der Waals surface area contributed by atoms with Crippen molar-refractivity contribution < 1.29 is 52.5 Å². The summed E-state index contributed by atoms with van der Waals surface area (Å²) in [7, 11) is -4.98. The molecular weight excluding hydrogens is 423 g/mol. The lowest BCUT2D eigenvalue weighted by Crippen LogP contribution is -2.63. The van der Waals surface area contributed by atoms with Crippen LogP contribution >= 0.6 is 0 Å².